The van der Waals surface area contributed by atoms with Crippen LogP contribution in [0.1, 0.15) is 26.2 Å². The maximum Gasteiger partial charge on any atom is 0.121 e. The van der Waals surface area contributed by atoms with Crippen molar-refractivity contribution in [3.8, 4) is 0 Å². The zero-order valence-corrected chi connectivity index (χ0v) is 8.61. The van der Waals surface area contributed by atoms with E-state index in [0.717, 1.165) is 38.2 Å². The second-order valence-corrected chi connectivity index (χ2v) is 4.07. The highest BCUT2D eigenvalue weighted by Crippen LogP contribution is 2.29. The van der Waals surface area contributed by atoms with Crippen molar-refractivity contribution in [3.05, 3.63) is 11.8 Å². The molecule has 0 aromatic carbocycles. The summed E-state index contributed by atoms with van der Waals surface area (Å²) in [6, 6.07) is 0. The first-order valence-electron chi connectivity index (χ1n) is 5.41. The molecule has 14 heavy (non-hydrogen) atoms. The van der Waals surface area contributed by atoms with E-state index in [1.807, 2.05) is 13.0 Å². The van der Waals surface area contributed by atoms with Gasteiger partial charge in [-0.2, -0.15) is 0 Å². The summed E-state index contributed by atoms with van der Waals surface area (Å²) in [5.41, 5.74) is 0. The lowest BCUT2D eigenvalue weighted by Gasteiger charge is -2.25. The molecular weight excluding hydrogens is 180 g/mol. The minimum atomic E-state index is -0.465. The Labute approximate surface area is 84.7 Å². The minimum Gasteiger partial charge on any atom is -0.495 e. The standard InChI is InChI=1S/C11H18O3/c1-8-9(5-7-13-8)11(12)10-4-2-3-6-14-10/h4,8-9,11-12H,2-3,5-7H2,1H3. The Balaban J connectivity index is 1.99. The molecule has 3 atom stereocenters. The molecule has 0 spiro atoms. The van der Waals surface area contributed by atoms with E-state index in [1.165, 1.54) is 0 Å². The molecule has 3 heteroatoms. The summed E-state index contributed by atoms with van der Waals surface area (Å²) >= 11 is 0. The Morgan fingerprint density at radius 2 is 2.36 bits per heavy atom. The highest BCUT2D eigenvalue weighted by atomic mass is 16.5. The van der Waals surface area contributed by atoms with Crippen molar-refractivity contribution < 1.29 is 14.6 Å². The van der Waals surface area contributed by atoms with Gasteiger partial charge >= 0.3 is 0 Å². The number of allylic oxidation sites excluding steroid dienone is 1. The quantitative estimate of drug-likeness (QED) is 0.730. The number of hydrogen-bond acceptors (Lipinski definition) is 3. The molecule has 1 fully saturated rings. The van der Waals surface area contributed by atoms with E-state index >= 15 is 0 Å². The Morgan fingerprint density at radius 1 is 1.50 bits per heavy atom. The van der Waals surface area contributed by atoms with Gasteiger partial charge in [-0.15, -0.1) is 0 Å². The average molecular weight is 198 g/mol. The van der Waals surface area contributed by atoms with Gasteiger partial charge in [-0.25, -0.2) is 0 Å². The summed E-state index contributed by atoms with van der Waals surface area (Å²) in [5, 5.41) is 10.1. The molecule has 0 aromatic rings. The van der Waals surface area contributed by atoms with Crippen molar-refractivity contribution in [2.45, 2.75) is 38.4 Å². The van der Waals surface area contributed by atoms with Crippen LogP contribution in [0.3, 0.4) is 0 Å². The highest BCUT2D eigenvalue weighted by Gasteiger charge is 2.33. The highest BCUT2D eigenvalue weighted by molar-refractivity contribution is 5.05. The average Bonchev–Trinajstić information content (AvgIpc) is 2.65. The zero-order valence-electron chi connectivity index (χ0n) is 8.61. The second-order valence-electron chi connectivity index (χ2n) is 4.07. The van der Waals surface area contributed by atoms with Gasteiger partial charge in [-0.1, -0.05) is 0 Å². The first-order chi connectivity index (χ1) is 6.79. The fraction of sp³-hybridized carbons (Fsp3) is 0.818. The van der Waals surface area contributed by atoms with Gasteiger partial charge in [-0.3, -0.25) is 0 Å². The van der Waals surface area contributed by atoms with Crippen LogP contribution in [-0.2, 0) is 9.47 Å². The van der Waals surface area contributed by atoms with Gasteiger partial charge in [-0.05, 0) is 32.3 Å². The number of rotatable bonds is 2. The van der Waals surface area contributed by atoms with Crippen LogP contribution in [0, 0.1) is 5.92 Å². The van der Waals surface area contributed by atoms with Crippen LogP contribution in [-0.4, -0.2) is 30.5 Å². The molecule has 0 amide bonds. The maximum atomic E-state index is 10.1. The van der Waals surface area contributed by atoms with Gasteiger partial charge in [0.15, 0.2) is 0 Å². The van der Waals surface area contributed by atoms with Crippen LogP contribution in [0.4, 0.5) is 0 Å². The smallest absolute Gasteiger partial charge is 0.121 e. The first-order valence-corrected chi connectivity index (χ1v) is 5.41. The number of ether oxygens (including phenoxy) is 2. The Kier molecular flexibility index (Phi) is 3.08. The van der Waals surface area contributed by atoms with E-state index < -0.39 is 6.10 Å². The lowest BCUT2D eigenvalue weighted by Crippen LogP contribution is -2.30. The number of aliphatic hydroxyl groups excluding tert-OH is 1. The minimum absolute atomic E-state index is 0.149. The molecule has 0 bridgehead atoms. The van der Waals surface area contributed by atoms with Gasteiger partial charge < -0.3 is 14.6 Å². The third-order valence-corrected chi connectivity index (χ3v) is 3.09. The van der Waals surface area contributed by atoms with Crippen LogP contribution < -0.4 is 0 Å². The van der Waals surface area contributed by atoms with E-state index in [-0.39, 0.29) is 12.0 Å². The Bertz CT molecular complexity index is 225. The summed E-state index contributed by atoms with van der Waals surface area (Å²) in [5.74, 6) is 0.970. The molecule has 0 radical (unpaired) electrons. The summed E-state index contributed by atoms with van der Waals surface area (Å²) in [6.07, 6.45) is 4.72. The molecule has 2 rings (SSSR count). The molecule has 1 N–H and O–H groups in total. The molecule has 80 valence electrons. The number of hydrogen-bond donors (Lipinski definition) is 1. The molecule has 2 heterocycles. The largest absolute Gasteiger partial charge is 0.495 e. The fourth-order valence-corrected chi connectivity index (χ4v) is 2.16. The molecule has 3 nitrogen and oxygen atoms in total. The van der Waals surface area contributed by atoms with Crippen molar-refractivity contribution in [3.63, 3.8) is 0 Å². The molecule has 3 unspecified atom stereocenters. The van der Waals surface area contributed by atoms with Gasteiger partial charge in [0.1, 0.15) is 11.9 Å². The van der Waals surface area contributed by atoms with Crippen LogP contribution in [0.2, 0.25) is 0 Å². The summed E-state index contributed by atoms with van der Waals surface area (Å²) in [7, 11) is 0. The third-order valence-electron chi connectivity index (χ3n) is 3.09. The zero-order chi connectivity index (χ0) is 9.97. The monoisotopic (exact) mass is 198 g/mol. The van der Waals surface area contributed by atoms with Gasteiger partial charge in [0.2, 0.25) is 0 Å². The normalized spacial score (nSPS) is 34.9. The van der Waals surface area contributed by atoms with Crippen molar-refractivity contribution in [1.29, 1.82) is 0 Å². The maximum absolute atomic E-state index is 10.1. The second kappa shape index (κ2) is 4.32. The van der Waals surface area contributed by atoms with E-state index in [9.17, 15) is 5.11 Å². The lowest BCUT2D eigenvalue weighted by atomic mass is 9.93. The van der Waals surface area contributed by atoms with Crippen molar-refractivity contribution in [2.24, 2.45) is 5.92 Å². The van der Waals surface area contributed by atoms with E-state index in [4.69, 9.17) is 9.47 Å². The molecule has 1 saturated heterocycles. The number of aliphatic hydroxyl groups is 1. The molecule has 0 aliphatic carbocycles. The van der Waals surface area contributed by atoms with Crippen LogP contribution >= 0.6 is 0 Å². The Hall–Kier alpha value is -0.540. The van der Waals surface area contributed by atoms with Gasteiger partial charge in [0, 0.05) is 12.5 Å². The summed E-state index contributed by atoms with van der Waals surface area (Å²) in [6.45, 7) is 3.52. The molecule has 0 aromatic heterocycles. The van der Waals surface area contributed by atoms with Gasteiger partial charge in [0.25, 0.3) is 0 Å². The van der Waals surface area contributed by atoms with E-state index in [0.29, 0.717) is 0 Å². The predicted octanol–water partition coefficient (Wildman–Crippen LogP) is 1.47. The third kappa shape index (κ3) is 1.93. The summed E-state index contributed by atoms with van der Waals surface area (Å²) in [4.78, 5) is 0. The lowest BCUT2D eigenvalue weighted by molar-refractivity contribution is 0.0217. The van der Waals surface area contributed by atoms with E-state index in [1.54, 1.807) is 0 Å². The SMILES string of the molecule is CC1OCCC1C(O)C1=CCCCO1. The first kappa shape index (κ1) is 9.99. The van der Waals surface area contributed by atoms with Crippen molar-refractivity contribution in [2.75, 3.05) is 13.2 Å². The fourth-order valence-electron chi connectivity index (χ4n) is 2.16. The van der Waals surface area contributed by atoms with Gasteiger partial charge in [0.05, 0.1) is 12.7 Å². The van der Waals surface area contributed by atoms with Crippen LogP contribution in [0.25, 0.3) is 0 Å². The van der Waals surface area contributed by atoms with E-state index in [2.05, 4.69) is 0 Å². The van der Waals surface area contributed by atoms with Crippen LogP contribution in [0.15, 0.2) is 11.8 Å². The Morgan fingerprint density at radius 3 is 2.93 bits per heavy atom. The molecular formula is C11H18O3. The molecule has 2 aliphatic rings. The van der Waals surface area contributed by atoms with Crippen molar-refractivity contribution in [1.82, 2.24) is 0 Å². The van der Waals surface area contributed by atoms with Crippen molar-refractivity contribution >= 4 is 0 Å². The molecule has 2 aliphatic heterocycles. The summed E-state index contributed by atoms with van der Waals surface area (Å²) < 4.78 is 10.9. The van der Waals surface area contributed by atoms with Crippen LogP contribution in [0.5, 0.6) is 0 Å². The predicted molar refractivity (Wildman–Crippen MR) is 52.8 cm³/mol. The molecule has 0 saturated carbocycles. The topological polar surface area (TPSA) is 38.7 Å².